The number of aromatic nitrogens is 1. The summed E-state index contributed by atoms with van der Waals surface area (Å²) in [5, 5.41) is 3.14. The second kappa shape index (κ2) is 5.25. The number of aromatic amines is 1. The van der Waals surface area contributed by atoms with Crippen LogP contribution in [0.3, 0.4) is 0 Å². The summed E-state index contributed by atoms with van der Waals surface area (Å²) in [6.45, 7) is 2.87. The number of esters is 1. The SMILES string of the molecule is CCOC(=O)c1c(-c2ccccc2)[nH]c2c1C=CNC2. The van der Waals surface area contributed by atoms with Crippen molar-refractivity contribution in [2.24, 2.45) is 0 Å². The highest BCUT2D eigenvalue weighted by Gasteiger charge is 2.24. The molecule has 0 fully saturated rings. The van der Waals surface area contributed by atoms with Gasteiger partial charge in [0.2, 0.25) is 0 Å². The van der Waals surface area contributed by atoms with Crippen molar-refractivity contribution in [3.05, 3.63) is 53.4 Å². The Morgan fingerprint density at radius 3 is 2.85 bits per heavy atom. The van der Waals surface area contributed by atoms with Gasteiger partial charge < -0.3 is 15.0 Å². The molecule has 0 radical (unpaired) electrons. The molecule has 0 spiro atoms. The Bertz CT molecular complexity index is 657. The third kappa shape index (κ3) is 2.09. The van der Waals surface area contributed by atoms with Gasteiger partial charge in [0.25, 0.3) is 0 Å². The number of H-pyrrole nitrogens is 1. The molecule has 0 atom stereocenters. The van der Waals surface area contributed by atoms with E-state index in [4.69, 9.17) is 4.74 Å². The highest BCUT2D eigenvalue weighted by atomic mass is 16.5. The molecule has 1 aliphatic rings. The Hall–Kier alpha value is -2.49. The Morgan fingerprint density at radius 1 is 1.30 bits per heavy atom. The van der Waals surface area contributed by atoms with Crippen LogP contribution in [0.5, 0.6) is 0 Å². The van der Waals surface area contributed by atoms with E-state index in [-0.39, 0.29) is 5.97 Å². The van der Waals surface area contributed by atoms with Crippen molar-refractivity contribution in [2.75, 3.05) is 6.61 Å². The van der Waals surface area contributed by atoms with Gasteiger partial charge >= 0.3 is 5.97 Å². The molecule has 2 heterocycles. The lowest BCUT2D eigenvalue weighted by molar-refractivity contribution is 0.0527. The van der Waals surface area contributed by atoms with Crippen molar-refractivity contribution >= 4 is 12.0 Å². The van der Waals surface area contributed by atoms with Gasteiger partial charge in [-0.1, -0.05) is 30.3 Å². The minimum atomic E-state index is -0.282. The Balaban J connectivity index is 2.16. The normalized spacial score (nSPS) is 12.7. The maximum Gasteiger partial charge on any atom is 0.340 e. The Labute approximate surface area is 117 Å². The molecule has 1 aromatic heterocycles. The van der Waals surface area contributed by atoms with Gasteiger partial charge in [0.15, 0.2) is 0 Å². The second-order valence-corrected chi connectivity index (χ2v) is 4.57. The summed E-state index contributed by atoms with van der Waals surface area (Å²) in [6.07, 6.45) is 3.77. The molecule has 2 N–H and O–H groups in total. The third-order valence-electron chi connectivity index (χ3n) is 3.31. The first kappa shape index (κ1) is 12.5. The van der Waals surface area contributed by atoms with Gasteiger partial charge in [-0.05, 0) is 24.8 Å². The lowest BCUT2D eigenvalue weighted by atomic mass is 10.0. The van der Waals surface area contributed by atoms with Crippen molar-refractivity contribution in [1.82, 2.24) is 10.3 Å². The van der Waals surface area contributed by atoms with Crippen LogP contribution >= 0.6 is 0 Å². The van der Waals surface area contributed by atoms with Gasteiger partial charge in [0.1, 0.15) is 0 Å². The molecule has 0 unspecified atom stereocenters. The zero-order valence-corrected chi connectivity index (χ0v) is 11.3. The number of hydrogen-bond acceptors (Lipinski definition) is 3. The summed E-state index contributed by atoms with van der Waals surface area (Å²) in [4.78, 5) is 15.6. The van der Waals surface area contributed by atoms with Crippen LogP contribution in [-0.2, 0) is 11.3 Å². The number of carbonyl (C=O) groups excluding carboxylic acids is 1. The van der Waals surface area contributed by atoms with E-state index in [9.17, 15) is 4.79 Å². The zero-order chi connectivity index (χ0) is 13.9. The van der Waals surface area contributed by atoms with Crippen LogP contribution in [0.2, 0.25) is 0 Å². The fraction of sp³-hybridized carbons (Fsp3) is 0.188. The minimum absolute atomic E-state index is 0.282. The molecule has 4 heteroatoms. The fourth-order valence-electron chi connectivity index (χ4n) is 2.43. The molecule has 3 rings (SSSR count). The number of hydrogen-bond donors (Lipinski definition) is 2. The van der Waals surface area contributed by atoms with E-state index < -0.39 is 0 Å². The van der Waals surface area contributed by atoms with Crippen molar-refractivity contribution in [3.8, 4) is 11.3 Å². The number of carbonyl (C=O) groups is 1. The molecule has 20 heavy (non-hydrogen) atoms. The molecule has 1 aromatic carbocycles. The van der Waals surface area contributed by atoms with E-state index >= 15 is 0 Å². The maximum absolute atomic E-state index is 12.3. The summed E-state index contributed by atoms with van der Waals surface area (Å²) in [5.74, 6) is -0.282. The monoisotopic (exact) mass is 268 g/mol. The third-order valence-corrected chi connectivity index (χ3v) is 3.31. The number of ether oxygens (including phenoxy) is 1. The first-order chi connectivity index (χ1) is 9.81. The summed E-state index contributed by atoms with van der Waals surface area (Å²) in [7, 11) is 0. The first-order valence-electron chi connectivity index (χ1n) is 6.68. The summed E-state index contributed by atoms with van der Waals surface area (Å²) < 4.78 is 5.20. The molecule has 0 saturated carbocycles. The van der Waals surface area contributed by atoms with Gasteiger partial charge in [-0.25, -0.2) is 4.79 Å². The predicted octanol–water partition coefficient (Wildman–Crippen LogP) is 2.93. The quantitative estimate of drug-likeness (QED) is 0.841. The van der Waals surface area contributed by atoms with E-state index in [0.717, 1.165) is 22.5 Å². The van der Waals surface area contributed by atoms with E-state index in [1.807, 2.05) is 49.5 Å². The predicted molar refractivity (Wildman–Crippen MR) is 78.1 cm³/mol. The number of rotatable bonds is 3. The average Bonchev–Trinajstić information content (AvgIpc) is 2.88. The molecule has 102 valence electrons. The van der Waals surface area contributed by atoms with Crippen LogP contribution in [0.25, 0.3) is 17.3 Å². The number of benzene rings is 1. The van der Waals surface area contributed by atoms with E-state index in [2.05, 4.69) is 10.3 Å². The molecule has 0 amide bonds. The first-order valence-corrected chi connectivity index (χ1v) is 6.68. The lowest BCUT2D eigenvalue weighted by Crippen LogP contribution is -2.12. The molecule has 1 aliphatic heterocycles. The highest BCUT2D eigenvalue weighted by Crippen LogP contribution is 2.31. The molecule has 4 nitrogen and oxygen atoms in total. The van der Waals surface area contributed by atoms with Crippen molar-refractivity contribution in [3.63, 3.8) is 0 Å². The van der Waals surface area contributed by atoms with Crippen molar-refractivity contribution in [2.45, 2.75) is 13.5 Å². The smallest absolute Gasteiger partial charge is 0.340 e. The van der Waals surface area contributed by atoms with Crippen LogP contribution in [-0.4, -0.2) is 17.6 Å². The molecule has 0 saturated heterocycles. The summed E-state index contributed by atoms with van der Waals surface area (Å²) >= 11 is 0. The maximum atomic E-state index is 12.3. The average molecular weight is 268 g/mol. The zero-order valence-electron chi connectivity index (χ0n) is 11.3. The van der Waals surface area contributed by atoms with Crippen LogP contribution in [0.15, 0.2) is 36.5 Å². The van der Waals surface area contributed by atoms with E-state index in [1.165, 1.54) is 0 Å². The molecule has 2 aromatic rings. The van der Waals surface area contributed by atoms with Crippen LogP contribution < -0.4 is 5.32 Å². The molecular weight excluding hydrogens is 252 g/mol. The molecule has 0 aliphatic carbocycles. The highest BCUT2D eigenvalue weighted by molar-refractivity contribution is 6.01. The Morgan fingerprint density at radius 2 is 2.10 bits per heavy atom. The lowest BCUT2D eigenvalue weighted by Gasteiger charge is -2.08. The molecule has 0 bridgehead atoms. The van der Waals surface area contributed by atoms with E-state index in [1.54, 1.807) is 0 Å². The summed E-state index contributed by atoms with van der Waals surface area (Å²) in [6, 6.07) is 9.84. The largest absolute Gasteiger partial charge is 0.462 e. The van der Waals surface area contributed by atoms with Gasteiger partial charge in [-0.3, -0.25) is 0 Å². The topological polar surface area (TPSA) is 54.1 Å². The van der Waals surface area contributed by atoms with Crippen molar-refractivity contribution < 1.29 is 9.53 Å². The van der Waals surface area contributed by atoms with Crippen LogP contribution in [0.4, 0.5) is 0 Å². The molecular formula is C16H16N2O2. The van der Waals surface area contributed by atoms with Gasteiger partial charge in [-0.2, -0.15) is 0 Å². The Kier molecular flexibility index (Phi) is 3.29. The minimum Gasteiger partial charge on any atom is -0.462 e. The van der Waals surface area contributed by atoms with Gasteiger partial charge in [-0.15, -0.1) is 0 Å². The van der Waals surface area contributed by atoms with Gasteiger partial charge in [0.05, 0.1) is 24.4 Å². The standard InChI is InChI=1S/C16H16N2O2/c1-2-20-16(19)14-12-8-9-17-10-13(12)18-15(14)11-6-4-3-5-7-11/h3-9,17-18H,2,10H2,1H3. The van der Waals surface area contributed by atoms with E-state index in [0.29, 0.717) is 18.7 Å². The second-order valence-electron chi connectivity index (χ2n) is 4.57. The van der Waals surface area contributed by atoms with Crippen molar-refractivity contribution in [1.29, 1.82) is 0 Å². The number of nitrogens with one attached hydrogen (secondary N) is 2. The van der Waals surface area contributed by atoms with Crippen LogP contribution in [0, 0.1) is 0 Å². The summed E-state index contributed by atoms with van der Waals surface area (Å²) in [5.41, 5.74) is 4.35. The number of fused-ring (bicyclic) bond motifs is 1. The van der Waals surface area contributed by atoms with Crippen LogP contribution in [0.1, 0.15) is 28.5 Å². The fourth-order valence-corrected chi connectivity index (χ4v) is 2.43. The van der Waals surface area contributed by atoms with Gasteiger partial charge in [0, 0.05) is 11.3 Å².